The van der Waals surface area contributed by atoms with E-state index in [1.807, 2.05) is 0 Å². The molecule has 2 fully saturated rings. The van der Waals surface area contributed by atoms with Gasteiger partial charge in [0.25, 0.3) is 0 Å². The number of hydrogen-bond acceptors (Lipinski definition) is 3. The SMILES string of the molecule is CC1CN(C)CCN1C(=O)C1(C(C)C)CCNC1. The fraction of sp³-hybridized carbons (Fsp3) is 0.929. The molecule has 0 saturated carbocycles. The van der Waals surface area contributed by atoms with Gasteiger partial charge in [0.05, 0.1) is 5.41 Å². The predicted octanol–water partition coefficient (Wildman–Crippen LogP) is 0.785. The fourth-order valence-electron chi connectivity index (χ4n) is 3.36. The summed E-state index contributed by atoms with van der Waals surface area (Å²) in [6, 6.07) is 0.340. The van der Waals surface area contributed by atoms with Crippen LogP contribution in [-0.4, -0.2) is 61.5 Å². The van der Waals surface area contributed by atoms with Gasteiger partial charge in [-0.3, -0.25) is 4.79 Å². The smallest absolute Gasteiger partial charge is 0.230 e. The molecule has 2 aliphatic heterocycles. The molecule has 104 valence electrons. The van der Waals surface area contributed by atoms with Gasteiger partial charge >= 0.3 is 0 Å². The summed E-state index contributed by atoms with van der Waals surface area (Å²) in [5.41, 5.74) is -0.163. The van der Waals surface area contributed by atoms with Crippen LogP contribution in [0.15, 0.2) is 0 Å². The molecule has 4 nitrogen and oxygen atoms in total. The molecule has 2 heterocycles. The molecular formula is C14H27N3O. The van der Waals surface area contributed by atoms with Crippen molar-refractivity contribution in [3.05, 3.63) is 0 Å². The third-order valence-corrected chi connectivity index (χ3v) is 4.81. The summed E-state index contributed by atoms with van der Waals surface area (Å²) in [4.78, 5) is 17.4. The Balaban J connectivity index is 2.14. The number of amides is 1. The van der Waals surface area contributed by atoms with Crippen LogP contribution in [0.5, 0.6) is 0 Å². The first-order chi connectivity index (χ1) is 8.47. The Labute approximate surface area is 111 Å². The average molecular weight is 253 g/mol. The van der Waals surface area contributed by atoms with Gasteiger partial charge in [0.1, 0.15) is 0 Å². The zero-order chi connectivity index (χ0) is 13.3. The minimum absolute atomic E-state index is 0.163. The Morgan fingerprint density at radius 3 is 2.61 bits per heavy atom. The molecule has 4 heteroatoms. The quantitative estimate of drug-likeness (QED) is 0.790. The van der Waals surface area contributed by atoms with Crippen LogP contribution in [0.25, 0.3) is 0 Å². The highest BCUT2D eigenvalue weighted by molar-refractivity contribution is 5.84. The highest BCUT2D eigenvalue weighted by Gasteiger charge is 2.47. The Hall–Kier alpha value is -0.610. The highest BCUT2D eigenvalue weighted by atomic mass is 16.2. The standard InChI is InChI=1S/C14H27N3O/c1-11(2)14(5-6-15-10-14)13(18)17-8-7-16(4)9-12(17)3/h11-12,15H,5-10H2,1-4H3. The molecule has 0 aromatic carbocycles. The lowest BCUT2D eigenvalue weighted by Crippen LogP contribution is -2.58. The molecule has 0 spiro atoms. The zero-order valence-electron chi connectivity index (χ0n) is 12.2. The van der Waals surface area contributed by atoms with Crippen LogP contribution in [0.1, 0.15) is 27.2 Å². The summed E-state index contributed by atoms with van der Waals surface area (Å²) in [6.07, 6.45) is 0.989. The summed E-state index contributed by atoms with van der Waals surface area (Å²) < 4.78 is 0. The molecular weight excluding hydrogens is 226 g/mol. The van der Waals surface area contributed by atoms with Crippen molar-refractivity contribution in [1.29, 1.82) is 0 Å². The van der Waals surface area contributed by atoms with Gasteiger partial charge in [0.2, 0.25) is 5.91 Å². The number of piperazine rings is 1. The van der Waals surface area contributed by atoms with Gasteiger partial charge in [-0.1, -0.05) is 13.8 Å². The van der Waals surface area contributed by atoms with E-state index in [1.54, 1.807) is 0 Å². The number of nitrogens with one attached hydrogen (secondary N) is 1. The molecule has 2 saturated heterocycles. The van der Waals surface area contributed by atoms with Crippen molar-refractivity contribution < 1.29 is 4.79 Å². The van der Waals surface area contributed by atoms with Crippen LogP contribution in [0.2, 0.25) is 0 Å². The van der Waals surface area contributed by atoms with Crippen LogP contribution < -0.4 is 5.32 Å². The minimum Gasteiger partial charge on any atom is -0.337 e. The maximum Gasteiger partial charge on any atom is 0.230 e. The van der Waals surface area contributed by atoms with Crippen LogP contribution >= 0.6 is 0 Å². The van der Waals surface area contributed by atoms with Crippen molar-refractivity contribution in [2.24, 2.45) is 11.3 Å². The molecule has 0 aliphatic carbocycles. The van der Waals surface area contributed by atoms with Crippen molar-refractivity contribution in [2.75, 3.05) is 39.8 Å². The van der Waals surface area contributed by atoms with E-state index < -0.39 is 0 Å². The second-order valence-corrected chi connectivity index (χ2v) is 6.35. The van der Waals surface area contributed by atoms with E-state index >= 15 is 0 Å². The number of nitrogens with zero attached hydrogens (tertiary/aromatic N) is 2. The summed E-state index contributed by atoms with van der Waals surface area (Å²) >= 11 is 0. The summed E-state index contributed by atoms with van der Waals surface area (Å²) in [6.45, 7) is 11.2. The number of rotatable bonds is 2. The first kappa shape index (κ1) is 13.8. The van der Waals surface area contributed by atoms with Gasteiger partial charge < -0.3 is 15.1 Å². The predicted molar refractivity (Wildman–Crippen MR) is 73.4 cm³/mol. The molecule has 2 atom stereocenters. The number of hydrogen-bond donors (Lipinski definition) is 1. The van der Waals surface area contributed by atoms with Gasteiger partial charge in [-0.2, -0.15) is 0 Å². The third kappa shape index (κ3) is 2.28. The topological polar surface area (TPSA) is 35.6 Å². The van der Waals surface area contributed by atoms with E-state index in [0.29, 0.717) is 17.9 Å². The first-order valence-electron chi connectivity index (χ1n) is 7.18. The highest BCUT2D eigenvalue weighted by Crippen LogP contribution is 2.37. The van der Waals surface area contributed by atoms with Gasteiger partial charge in [0.15, 0.2) is 0 Å². The fourth-order valence-corrected chi connectivity index (χ4v) is 3.36. The maximum absolute atomic E-state index is 12.9. The van der Waals surface area contributed by atoms with Crippen molar-refractivity contribution in [3.63, 3.8) is 0 Å². The van der Waals surface area contributed by atoms with E-state index in [9.17, 15) is 4.79 Å². The first-order valence-corrected chi connectivity index (χ1v) is 7.18. The monoisotopic (exact) mass is 253 g/mol. The van der Waals surface area contributed by atoms with E-state index in [0.717, 1.165) is 39.1 Å². The molecule has 0 aromatic heterocycles. The number of likely N-dealkylation sites (N-methyl/N-ethyl adjacent to an activating group) is 1. The van der Waals surface area contributed by atoms with E-state index in [1.165, 1.54) is 0 Å². The lowest BCUT2D eigenvalue weighted by Gasteiger charge is -2.44. The minimum atomic E-state index is -0.163. The third-order valence-electron chi connectivity index (χ3n) is 4.81. The Morgan fingerprint density at radius 2 is 2.11 bits per heavy atom. The van der Waals surface area contributed by atoms with Crippen molar-refractivity contribution >= 4 is 5.91 Å². The van der Waals surface area contributed by atoms with Crippen LogP contribution in [0.4, 0.5) is 0 Å². The molecule has 1 amide bonds. The largest absolute Gasteiger partial charge is 0.337 e. The van der Waals surface area contributed by atoms with Crippen molar-refractivity contribution in [1.82, 2.24) is 15.1 Å². The van der Waals surface area contributed by atoms with E-state index in [-0.39, 0.29) is 5.41 Å². The lowest BCUT2D eigenvalue weighted by atomic mass is 9.75. The molecule has 1 N–H and O–H groups in total. The van der Waals surface area contributed by atoms with Crippen molar-refractivity contribution in [2.45, 2.75) is 33.2 Å². The summed E-state index contributed by atoms with van der Waals surface area (Å²) in [5.74, 6) is 0.787. The van der Waals surface area contributed by atoms with Gasteiger partial charge in [-0.15, -0.1) is 0 Å². The molecule has 2 rings (SSSR count). The van der Waals surface area contributed by atoms with Gasteiger partial charge in [0, 0.05) is 32.2 Å². The Morgan fingerprint density at radius 1 is 1.39 bits per heavy atom. The summed E-state index contributed by atoms with van der Waals surface area (Å²) in [5, 5.41) is 3.38. The second-order valence-electron chi connectivity index (χ2n) is 6.35. The van der Waals surface area contributed by atoms with E-state index in [2.05, 4.69) is 42.9 Å². The van der Waals surface area contributed by atoms with Crippen LogP contribution in [0, 0.1) is 11.3 Å². The van der Waals surface area contributed by atoms with Crippen molar-refractivity contribution in [3.8, 4) is 0 Å². The Bertz CT molecular complexity index is 310. The lowest BCUT2D eigenvalue weighted by molar-refractivity contribution is -0.148. The number of carbonyl (C=O) groups excluding carboxylic acids is 1. The van der Waals surface area contributed by atoms with E-state index in [4.69, 9.17) is 0 Å². The molecule has 0 radical (unpaired) electrons. The normalized spacial score (nSPS) is 34.3. The zero-order valence-corrected chi connectivity index (χ0v) is 12.2. The molecule has 2 aliphatic rings. The molecule has 0 aromatic rings. The van der Waals surface area contributed by atoms with Crippen LogP contribution in [0.3, 0.4) is 0 Å². The van der Waals surface area contributed by atoms with Crippen LogP contribution in [-0.2, 0) is 4.79 Å². The average Bonchev–Trinajstić information content (AvgIpc) is 2.78. The maximum atomic E-state index is 12.9. The molecule has 2 unspecified atom stereocenters. The summed E-state index contributed by atoms with van der Waals surface area (Å²) in [7, 11) is 2.13. The van der Waals surface area contributed by atoms with Gasteiger partial charge in [-0.25, -0.2) is 0 Å². The second kappa shape index (κ2) is 5.17. The molecule has 18 heavy (non-hydrogen) atoms. The molecule has 0 bridgehead atoms. The number of carbonyl (C=O) groups is 1. The Kier molecular flexibility index (Phi) is 3.97. The van der Waals surface area contributed by atoms with Gasteiger partial charge in [-0.05, 0) is 32.9 Å².